The predicted molar refractivity (Wildman–Crippen MR) is 128 cm³/mol. The number of fused-ring (bicyclic) bond motifs is 1. The van der Waals surface area contributed by atoms with Gasteiger partial charge in [0.25, 0.3) is 5.91 Å². The summed E-state index contributed by atoms with van der Waals surface area (Å²) < 4.78 is 5.41. The van der Waals surface area contributed by atoms with E-state index in [1.54, 1.807) is 60.7 Å². The molecule has 0 bridgehead atoms. The number of nitrogens with zero attached hydrogens (tertiary/aromatic N) is 1. The third-order valence-electron chi connectivity index (χ3n) is 5.38. The van der Waals surface area contributed by atoms with E-state index >= 15 is 0 Å². The average molecular weight is 444 g/mol. The van der Waals surface area contributed by atoms with E-state index < -0.39 is 11.9 Å². The number of hydrogen-bond donors (Lipinski definition) is 2. The van der Waals surface area contributed by atoms with Gasteiger partial charge in [-0.2, -0.15) is 0 Å². The van der Waals surface area contributed by atoms with Gasteiger partial charge < -0.3 is 15.4 Å². The van der Waals surface area contributed by atoms with Gasteiger partial charge in [-0.25, -0.2) is 0 Å². The highest BCUT2D eigenvalue weighted by molar-refractivity contribution is 6.17. The number of carbonyl (C=O) groups excluding carboxylic acids is 3. The first-order valence-electron chi connectivity index (χ1n) is 10.8. The standard InChI is InChI=1S/C26H25N3O4/c1-3-33-20-14-12-19(13-15-20)27-24(30)16-23-25(31)28-21-6-4-5-7-22(21)29(23)26(32)18-10-8-17(2)9-11-18/h4-15,23H,3,16H2,1-2H3,(H,27,30)(H,28,31)/t23-/m0/s1. The first-order valence-corrected chi connectivity index (χ1v) is 10.8. The Kier molecular flexibility index (Phi) is 6.40. The number of hydrogen-bond acceptors (Lipinski definition) is 4. The predicted octanol–water partition coefficient (Wildman–Crippen LogP) is 4.39. The Labute approximate surface area is 192 Å². The third kappa shape index (κ3) is 4.87. The molecule has 0 unspecified atom stereocenters. The SMILES string of the molecule is CCOc1ccc(NC(=O)C[C@H]2C(=O)Nc3ccccc3N2C(=O)c2ccc(C)cc2)cc1. The molecule has 1 atom stereocenters. The number of rotatable bonds is 6. The van der Waals surface area contributed by atoms with Crippen molar-refractivity contribution >= 4 is 34.8 Å². The van der Waals surface area contributed by atoms with E-state index in [2.05, 4.69) is 10.6 Å². The Bertz CT molecular complexity index is 1170. The molecular weight excluding hydrogens is 418 g/mol. The highest BCUT2D eigenvalue weighted by Gasteiger charge is 2.38. The van der Waals surface area contributed by atoms with Crippen molar-refractivity contribution < 1.29 is 19.1 Å². The highest BCUT2D eigenvalue weighted by atomic mass is 16.5. The van der Waals surface area contributed by atoms with Crippen molar-refractivity contribution in [1.82, 2.24) is 0 Å². The first kappa shape index (κ1) is 22.1. The number of amides is 3. The topological polar surface area (TPSA) is 87.7 Å². The second-order valence-corrected chi connectivity index (χ2v) is 7.77. The van der Waals surface area contributed by atoms with Gasteiger partial charge in [0.1, 0.15) is 11.8 Å². The highest BCUT2D eigenvalue weighted by Crippen LogP contribution is 2.34. The first-order chi connectivity index (χ1) is 16.0. The molecule has 0 saturated carbocycles. The molecule has 3 aromatic carbocycles. The van der Waals surface area contributed by atoms with Crippen LogP contribution in [0.2, 0.25) is 0 Å². The Balaban J connectivity index is 1.59. The summed E-state index contributed by atoms with van der Waals surface area (Å²) in [6, 6.07) is 20.2. The Morgan fingerprint density at radius 2 is 1.70 bits per heavy atom. The van der Waals surface area contributed by atoms with Crippen LogP contribution in [0.1, 0.15) is 29.3 Å². The van der Waals surface area contributed by atoms with Gasteiger partial charge in [-0.15, -0.1) is 0 Å². The lowest BCUT2D eigenvalue weighted by Crippen LogP contribution is -2.52. The summed E-state index contributed by atoms with van der Waals surface area (Å²) in [5.74, 6) is -0.416. The fourth-order valence-corrected chi connectivity index (χ4v) is 3.75. The number of carbonyl (C=O) groups is 3. The maximum atomic E-state index is 13.5. The molecule has 4 rings (SSSR count). The van der Waals surface area contributed by atoms with Crippen LogP contribution in [-0.2, 0) is 9.59 Å². The summed E-state index contributed by atoms with van der Waals surface area (Å²) in [4.78, 5) is 40.7. The van der Waals surface area contributed by atoms with Gasteiger partial charge in [-0.05, 0) is 62.4 Å². The Morgan fingerprint density at radius 1 is 1.00 bits per heavy atom. The van der Waals surface area contributed by atoms with E-state index in [-0.39, 0.29) is 18.2 Å². The molecular formula is C26H25N3O4. The third-order valence-corrected chi connectivity index (χ3v) is 5.38. The molecule has 0 radical (unpaired) electrons. The van der Waals surface area contributed by atoms with Crippen LogP contribution in [0, 0.1) is 6.92 Å². The lowest BCUT2D eigenvalue weighted by Gasteiger charge is -2.36. The largest absolute Gasteiger partial charge is 0.494 e. The molecule has 7 nitrogen and oxygen atoms in total. The molecule has 0 fully saturated rings. The van der Waals surface area contributed by atoms with Gasteiger partial charge >= 0.3 is 0 Å². The quantitative estimate of drug-likeness (QED) is 0.592. The molecule has 7 heteroatoms. The van der Waals surface area contributed by atoms with E-state index in [1.165, 1.54) is 4.90 Å². The number of ether oxygens (including phenoxy) is 1. The maximum Gasteiger partial charge on any atom is 0.259 e. The van der Waals surface area contributed by atoms with Gasteiger partial charge in [0.2, 0.25) is 11.8 Å². The van der Waals surface area contributed by atoms with Gasteiger partial charge in [0.15, 0.2) is 0 Å². The van der Waals surface area contributed by atoms with Crippen molar-refractivity contribution in [2.45, 2.75) is 26.3 Å². The van der Waals surface area contributed by atoms with Crippen LogP contribution in [0.25, 0.3) is 0 Å². The second-order valence-electron chi connectivity index (χ2n) is 7.77. The summed E-state index contributed by atoms with van der Waals surface area (Å²) in [7, 11) is 0. The van der Waals surface area contributed by atoms with Gasteiger partial charge in [0, 0.05) is 11.3 Å². The zero-order valence-electron chi connectivity index (χ0n) is 18.5. The van der Waals surface area contributed by atoms with Crippen molar-refractivity contribution in [2.24, 2.45) is 0 Å². The van der Waals surface area contributed by atoms with Crippen LogP contribution in [0.15, 0.2) is 72.8 Å². The lowest BCUT2D eigenvalue weighted by molar-refractivity contribution is -0.122. The zero-order valence-corrected chi connectivity index (χ0v) is 18.5. The van der Waals surface area contributed by atoms with Crippen LogP contribution in [0.5, 0.6) is 5.75 Å². The summed E-state index contributed by atoms with van der Waals surface area (Å²) in [6.45, 7) is 4.38. The number of benzene rings is 3. The Hall–Kier alpha value is -4.13. The van der Waals surface area contributed by atoms with Gasteiger partial charge in [-0.1, -0.05) is 29.8 Å². The smallest absolute Gasteiger partial charge is 0.259 e. The van der Waals surface area contributed by atoms with Crippen molar-refractivity contribution in [3.05, 3.63) is 83.9 Å². The molecule has 1 aliphatic rings. The number of para-hydroxylation sites is 2. The minimum atomic E-state index is -0.989. The van der Waals surface area contributed by atoms with Crippen LogP contribution >= 0.6 is 0 Å². The van der Waals surface area contributed by atoms with Crippen molar-refractivity contribution in [1.29, 1.82) is 0 Å². The fourth-order valence-electron chi connectivity index (χ4n) is 3.75. The number of nitrogens with one attached hydrogen (secondary N) is 2. The average Bonchev–Trinajstić information content (AvgIpc) is 2.81. The normalized spacial score (nSPS) is 14.8. The van der Waals surface area contributed by atoms with E-state index in [1.807, 2.05) is 26.0 Å². The number of anilines is 3. The van der Waals surface area contributed by atoms with E-state index in [0.29, 0.717) is 35.0 Å². The molecule has 0 aromatic heterocycles. The molecule has 0 spiro atoms. The second kappa shape index (κ2) is 9.56. The van der Waals surface area contributed by atoms with Crippen LogP contribution in [0.4, 0.5) is 17.1 Å². The molecule has 2 N–H and O–H groups in total. The van der Waals surface area contributed by atoms with E-state index in [4.69, 9.17) is 4.74 Å². The molecule has 3 amide bonds. The Morgan fingerprint density at radius 3 is 2.39 bits per heavy atom. The lowest BCUT2D eigenvalue weighted by atomic mass is 10.0. The van der Waals surface area contributed by atoms with Crippen LogP contribution in [-0.4, -0.2) is 30.4 Å². The molecule has 0 saturated heterocycles. The van der Waals surface area contributed by atoms with Crippen molar-refractivity contribution in [3.63, 3.8) is 0 Å². The number of aryl methyl sites for hydroxylation is 1. The summed E-state index contributed by atoms with van der Waals surface area (Å²) in [5.41, 5.74) is 3.14. The van der Waals surface area contributed by atoms with Gasteiger partial charge in [0.05, 0.1) is 24.4 Å². The van der Waals surface area contributed by atoms with Gasteiger partial charge in [-0.3, -0.25) is 19.3 Å². The molecule has 33 heavy (non-hydrogen) atoms. The summed E-state index contributed by atoms with van der Waals surface area (Å²) in [6.07, 6.45) is -0.190. The van der Waals surface area contributed by atoms with Crippen molar-refractivity contribution in [3.8, 4) is 5.75 Å². The monoisotopic (exact) mass is 443 g/mol. The zero-order chi connectivity index (χ0) is 23.4. The molecule has 1 heterocycles. The maximum absolute atomic E-state index is 13.5. The van der Waals surface area contributed by atoms with E-state index in [9.17, 15) is 14.4 Å². The van der Waals surface area contributed by atoms with E-state index in [0.717, 1.165) is 5.56 Å². The molecule has 1 aliphatic heterocycles. The van der Waals surface area contributed by atoms with Crippen LogP contribution < -0.4 is 20.3 Å². The fraction of sp³-hybridized carbons (Fsp3) is 0.192. The molecule has 0 aliphatic carbocycles. The molecule has 3 aromatic rings. The summed E-state index contributed by atoms with van der Waals surface area (Å²) in [5, 5.41) is 5.61. The van der Waals surface area contributed by atoms with Crippen molar-refractivity contribution in [2.75, 3.05) is 22.1 Å². The van der Waals surface area contributed by atoms with Crippen LogP contribution in [0.3, 0.4) is 0 Å². The minimum absolute atomic E-state index is 0.190. The summed E-state index contributed by atoms with van der Waals surface area (Å²) >= 11 is 0. The minimum Gasteiger partial charge on any atom is -0.494 e. The molecule has 168 valence electrons.